The lowest BCUT2D eigenvalue weighted by molar-refractivity contribution is 0.0910. The van der Waals surface area contributed by atoms with Gasteiger partial charge in [0.15, 0.2) is 27.1 Å². The molecule has 1 aliphatic heterocycles. The van der Waals surface area contributed by atoms with Gasteiger partial charge in [-0.05, 0) is 55.3 Å². The summed E-state index contributed by atoms with van der Waals surface area (Å²) >= 11 is 0. The van der Waals surface area contributed by atoms with Gasteiger partial charge in [-0.2, -0.15) is 0 Å². The van der Waals surface area contributed by atoms with Gasteiger partial charge in [0.25, 0.3) is 5.91 Å². The van der Waals surface area contributed by atoms with E-state index in [0.717, 1.165) is 5.56 Å². The molecule has 0 saturated carbocycles. The van der Waals surface area contributed by atoms with Crippen LogP contribution in [0.5, 0.6) is 11.5 Å². The van der Waals surface area contributed by atoms with Gasteiger partial charge in [-0.3, -0.25) is 4.79 Å². The normalized spacial score (nSPS) is 14.1. The molecule has 2 heterocycles. The number of fused-ring (bicyclic) bond motifs is 1. The number of amides is 1. The van der Waals surface area contributed by atoms with Crippen LogP contribution in [0, 0.1) is 6.92 Å². The fraction of sp³-hybridized carbons (Fsp3) is 0.261. The first kappa shape index (κ1) is 21.0. The number of carbonyl (C=O) groups is 1. The first-order chi connectivity index (χ1) is 14.8. The van der Waals surface area contributed by atoms with Crippen LogP contribution in [0.25, 0.3) is 0 Å². The molecule has 1 amide bonds. The highest BCUT2D eigenvalue weighted by Gasteiger charge is 2.22. The van der Waals surface area contributed by atoms with E-state index in [2.05, 4.69) is 5.32 Å². The van der Waals surface area contributed by atoms with Crippen molar-refractivity contribution in [1.82, 2.24) is 5.32 Å². The Balaban J connectivity index is 1.44. The van der Waals surface area contributed by atoms with Crippen LogP contribution in [0.15, 0.2) is 63.9 Å². The number of rotatable bonds is 6. The molecular formula is C23H23NO6S. The number of carbonyl (C=O) groups excluding carboxylic acids is 1. The van der Waals surface area contributed by atoms with Crippen molar-refractivity contribution in [3.05, 3.63) is 77.2 Å². The van der Waals surface area contributed by atoms with Crippen LogP contribution in [0.4, 0.5) is 0 Å². The van der Waals surface area contributed by atoms with Gasteiger partial charge in [0.05, 0.1) is 10.9 Å². The maximum absolute atomic E-state index is 12.7. The average molecular weight is 442 g/mol. The molecule has 31 heavy (non-hydrogen) atoms. The highest BCUT2D eigenvalue weighted by atomic mass is 32.2. The Kier molecular flexibility index (Phi) is 5.73. The van der Waals surface area contributed by atoms with E-state index in [1.54, 1.807) is 31.2 Å². The first-order valence-corrected chi connectivity index (χ1v) is 11.6. The third-order valence-corrected chi connectivity index (χ3v) is 6.85. The van der Waals surface area contributed by atoms with Crippen molar-refractivity contribution in [2.45, 2.75) is 30.5 Å². The topological polar surface area (TPSA) is 94.8 Å². The Morgan fingerprint density at radius 2 is 1.77 bits per heavy atom. The van der Waals surface area contributed by atoms with Gasteiger partial charge in [-0.15, -0.1) is 0 Å². The molecule has 1 aromatic heterocycles. The number of sulfone groups is 1. The lowest BCUT2D eigenvalue weighted by atomic mass is 10.1. The second kappa shape index (κ2) is 8.47. The van der Waals surface area contributed by atoms with Crippen LogP contribution in [0.2, 0.25) is 0 Å². The molecule has 0 bridgehead atoms. The Morgan fingerprint density at radius 3 is 2.55 bits per heavy atom. The van der Waals surface area contributed by atoms with Gasteiger partial charge in [0.2, 0.25) is 0 Å². The maximum Gasteiger partial charge on any atom is 0.287 e. The van der Waals surface area contributed by atoms with E-state index in [9.17, 15) is 13.2 Å². The summed E-state index contributed by atoms with van der Waals surface area (Å²) in [4.78, 5) is 12.9. The molecule has 1 atom stereocenters. The summed E-state index contributed by atoms with van der Waals surface area (Å²) in [5, 5.41) is 2.86. The second-order valence-corrected chi connectivity index (χ2v) is 9.35. The van der Waals surface area contributed by atoms with E-state index < -0.39 is 15.7 Å². The lowest BCUT2D eigenvalue weighted by Gasteiger charge is -2.21. The van der Waals surface area contributed by atoms with Crippen molar-refractivity contribution in [2.75, 3.05) is 13.2 Å². The Morgan fingerprint density at radius 1 is 1.03 bits per heavy atom. The van der Waals surface area contributed by atoms with Crippen molar-refractivity contribution in [2.24, 2.45) is 0 Å². The van der Waals surface area contributed by atoms with Crippen molar-refractivity contribution < 1.29 is 27.1 Å². The van der Waals surface area contributed by atoms with Crippen LogP contribution in [-0.2, 0) is 15.6 Å². The zero-order valence-corrected chi connectivity index (χ0v) is 18.1. The Hall–Kier alpha value is -3.26. The summed E-state index contributed by atoms with van der Waals surface area (Å²) in [6, 6.07) is 15.0. The average Bonchev–Trinajstić information content (AvgIpc) is 3.21. The highest BCUT2D eigenvalue weighted by Crippen LogP contribution is 2.32. The number of nitrogens with one attached hydrogen (secondary N) is 1. The fourth-order valence-electron chi connectivity index (χ4n) is 3.43. The summed E-state index contributed by atoms with van der Waals surface area (Å²) in [5.74, 6) is 0.843. The predicted molar refractivity (Wildman–Crippen MR) is 114 cm³/mol. The number of aryl methyl sites for hydroxylation is 1. The van der Waals surface area contributed by atoms with Crippen LogP contribution in [0.1, 0.15) is 40.4 Å². The molecule has 1 aliphatic rings. The van der Waals surface area contributed by atoms with Crippen LogP contribution >= 0.6 is 0 Å². The highest BCUT2D eigenvalue weighted by molar-refractivity contribution is 7.90. The van der Waals surface area contributed by atoms with Gasteiger partial charge in [-0.1, -0.05) is 24.3 Å². The fourth-order valence-corrected chi connectivity index (χ4v) is 4.96. The zero-order valence-electron chi connectivity index (χ0n) is 17.3. The van der Waals surface area contributed by atoms with Crippen LogP contribution < -0.4 is 14.8 Å². The van der Waals surface area contributed by atoms with Crippen molar-refractivity contribution in [3.63, 3.8) is 0 Å². The largest absolute Gasteiger partial charge is 0.486 e. The Bertz CT molecular complexity index is 1210. The van der Waals surface area contributed by atoms with Crippen molar-refractivity contribution in [1.29, 1.82) is 0 Å². The SMILES string of the molecule is Cc1ccccc1S(=O)(=O)Cc1ccc(C(=O)N[C@@H](C)c2ccc3c(c2)OCCO3)o1. The molecule has 3 aromatic rings. The minimum Gasteiger partial charge on any atom is -0.486 e. The standard InChI is InChI=1S/C23H23NO6S/c1-15-5-3-4-6-22(15)31(26,27)14-18-8-10-20(30-18)23(25)24-16(2)17-7-9-19-21(13-17)29-12-11-28-19/h3-10,13,16H,11-12,14H2,1-2H3,(H,24,25)/t16-/m0/s1. The molecule has 7 nitrogen and oxygen atoms in total. The summed E-state index contributed by atoms with van der Waals surface area (Å²) in [7, 11) is -3.58. The molecule has 0 aliphatic carbocycles. The minimum atomic E-state index is -3.58. The van der Waals surface area contributed by atoms with Crippen LogP contribution in [-0.4, -0.2) is 27.5 Å². The minimum absolute atomic E-state index is 0.0550. The molecule has 0 radical (unpaired) electrons. The van der Waals surface area contributed by atoms with Gasteiger partial charge < -0.3 is 19.2 Å². The third kappa shape index (κ3) is 4.59. The van der Waals surface area contributed by atoms with Gasteiger partial charge in [0.1, 0.15) is 24.7 Å². The smallest absolute Gasteiger partial charge is 0.287 e. The molecule has 8 heteroatoms. The lowest BCUT2D eigenvalue weighted by Crippen LogP contribution is -2.26. The van der Waals surface area contributed by atoms with Gasteiger partial charge in [0, 0.05) is 0 Å². The monoisotopic (exact) mass is 441 g/mol. The molecular weight excluding hydrogens is 418 g/mol. The van der Waals surface area contributed by atoms with Crippen LogP contribution in [0.3, 0.4) is 0 Å². The third-order valence-electron chi connectivity index (χ3n) is 5.06. The quantitative estimate of drug-likeness (QED) is 0.625. The van der Waals surface area contributed by atoms with E-state index >= 15 is 0 Å². The second-order valence-electron chi connectivity index (χ2n) is 7.39. The summed E-state index contributed by atoms with van der Waals surface area (Å²) in [6.07, 6.45) is 0. The summed E-state index contributed by atoms with van der Waals surface area (Å²) in [6.45, 7) is 4.58. The van der Waals surface area contributed by atoms with Gasteiger partial charge in [-0.25, -0.2) is 8.42 Å². The molecule has 162 valence electrons. The zero-order chi connectivity index (χ0) is 22.0. The number of benzene rings is 2. The molecule has 0 saturated heterocycles. The van der Waals surface area contributed by atoms with E-state index in [0.29, 0.717) is 30.3 Å². The number of hydrogen-bond acceptors (Lipinski definition) is 6. The predicted octanol–water partition coefficient (Wildman–Crippen LogP) is 3.82. The Labute approximate surface area is 180 Å². The van der Waals surface area contributed by atoms with Gasteiger partial charge >= 0.3 is 0 Å². The van der Waals surface area contributed by atoms with Crippen molar-refractivity contribution in [3.8, 4) is 11.5 Å². The molecule has 0 fully saturated rings. The number of ether oxygens (including phenoxy) is 2. The maximum atomic E-state index is 12.7. The molecule has 0 unspecified atom stereocenters. The summed E-state index contributed by atoms with van der Waals surface area (Å²) in [5.41, 5.74) is 1.52. The molecule has 1 N–H and O–H groups in total. The first-order valence-electron chi connectivity index (χ1n) is 9.91. The summed E-state index contributed by atoms with van der Waals surface area (Å²) < 4.78 is 42.0. The van der Waals surface area contributed by atoms with E-state index in [4.69, 9.17) is 13.9 Å². The van der Waals surface area contributed by atoms with Crippen molar-refractivity contribution >= 4 is 15.7 Å². The number of furan rings is 1. The van der Waals surface area contributed by atoms with E-state index in [1.165, 1.54) is 12.1 Å². The molecule has 0 spiro atoms. The van der Waals surface area contributed by atoms with E-state index in [-0.39, 0.29) is 28.2 Å². The molecule has 4 rings (SSSR count). The van der Waals surface area contributed by atoms with E-state index in [1.807, 2.05) is 25.1 Å². The molecule has 2 aromatic carbocycles. The number of hydrogen-bond donors (Lipinski definition) is 1.